The van der Waals surface area contributed by atoms with Crippen LogP contribution in [0.15, 0.2) is 48.5 Å². The third kappa shape index (κ3) is 3.61. The zero-order chi connectivity index (χ0) is 13.0. The van der Waals surface area contributed by atoms with Crippen LogP contribution < -0.4 is 10.1 Å². The monoisotopic (exact) mass is 373 g/mol. The Morgan fingerprint density at radius 1 is 1.17 bits per heavy atom. The number of halogens is 2. The summed E-state index contributed by atoms with van der Waals surface area (Å²) in [7, 11) is 0. The number of benzene rings is 2. The van der Waals surface area contributed by atoms with Crippen molar-refractivity contribution >= 4 is 46.0 Å². The van der Waals surface area contributed by atoms with Gasteiger partial charge in [-0.2, -0.15) is 0 Å². The fourth-order valence-corrected chi connectivity index (χ4v) is 1.95. The number of anilines is 1. The van der Waals surface area contributed by atoms with Crippen LogP contribution in [-0.2, 0) is 0 Å². The Labute approximate surface area is 123 Å². The third-order valence-electron chi connectivity index (χ3n) is 2.12. The van der Waals surface area contributed by atoms with Crippen LogP contribution in [0.4, 0.5) is 10.5 Å². The number of carbonyl (C=O) groups excluding carboxylic acids is 1. The number of hydrogen-bond donors (Lipinski definition) is 1. The molecule has 0 fully saturated rings. The van der Waals surface area contributed by atoms with Gasteiger partial charge in [0.2, 0.25) is 0 Å². The fourth-order valence-electron chi connectivity index (χ4n) is 1.31. The number of amides is 1. The number of ether oxygens (including phenoxy) is 1. The summed E-state index contributed by atoms with van der Waals surface area (Å²) in [5.74, 6) is 0.499. The van der Waals surface area contributed by atoms with Crippen molar-refractivity contribution in [2.24, 2.45) is 0 Å². The van der Waals surface area contributed by atoms with Gasteiger partial charge < -0.3 is 4.74 Å². The first-order valence-corrected chi connectivity index (χ1v) is 6.60. The Bertz CT molecular complexity index is 560. The molecule has 0 aromatic heterocycles. The maximum Gasteiger partial charge on any atom is 0.417 e. The van der Waals surface area contributed by atoms with Gasteiger partial charge in [-0.1, -0.05) is 29.8 Å². The van der Waals surface area contributed by atoms with Crippen molar-refractivity contribution in [1.29, 1.82) is 0 Å². The second-order valence-electron chi connectivity index (χ2n) is 3.46. The van der Waals surface area contributed by atoms with Gasteiger partial charge in [0.1, 0.15) is 5.75 Å². The first-order valence-electron chi connectivity index (χ1n) is 5.14. The molecular weight excluding hydrogens is 365 g/mol. The lowest BCUT2D eigenvalue weighted by atomic mass is 10.3. The zero-order valence-corrected chi connectivity index (χ0v) is 12.1. The highest BCUT2D eigenvalue weighted by atomic mass is 127. The van der Waals surface area contributed by atoms with E-state index in [2.05, 4.69) is 27.9 Å². The van der Waals surface area contributed by atoms with E-state index in [1.807, 2.05) is 6.07 Å². The van der Waals surface area contributed by atoms with Crippen molar-refractivity contribution in [3.05, 3.63) is 57.1 Å². The van der Waals surface area contributed by atoms with E-state index in [9.17, 15) is 4.79 Å². The van der Waals surface area contributed by atoms with Crippen molar-refractivity contribution in [1.82, 2.24) is 0 Å². The summed E-state index contributed by atoms with van der Waals surface area (Å²) < 4.78 is 5.97. The van der Waals surface area contributed by atoms with Crippen molar-refractivity contribution < 1.29 is 9.53 Å². The van der Waals surface area contributed by atoms with E-state index in [0.29, 0.717) is 16.5 Å². The van der Waals surface area contributed by atoms with Crippen LogP contribution in [0.5, 0.6) is 5.75 Å². The van der Waals surface area contributed by atoms with E-state index in [4.69, 9.17) is 16.3 Å². The van der Waals surface area contributed by atoms with Crippen LogP contribution in [0.1, 0.15) is 0 Å². The molecule has 2 aromatic carbocycles. The van der Waals surface area contributed by atoms with E-state index in [0.717, 1.165) is 3.57 Å². The second-order valence-corrected chi connectivity index (χ2v) is 5.03. The van der Waals surface area contributed by atoms with Crippen LogP contribution in [0.3, 0.4) is 0 Å². The highest BCUT2D eigenvalue weighted by molar-refractivity contribution is 14.1. The molecule has 0 atom stereocenters. The molecule has 2 aromatic rings. The van der Waals surface area contributed by atoms with E-state index >= 15 is 0 Å². The molecule has 1 amide bonds. The molecule has 0 heterocycles. The summed E-state index contributed by atoms with van der Waals surface area (Å²) in [5, 5.41) is 3.28. The first kappa shape index (κ1) is 13.2. The topological polar surface area (TPSA) is 38.3 Å². The Morgan fingerprint density at radius 2 is 1.89 bits per heavy atom. The summed E-state index contributed by atoms with van der Waals surface area (Å²) in [5.41, 5.74) is 0.643. The largest absolute Gasteiger partial charge is 0.417 e. The average Bonchev–Trinajstić information content (AvgIpc) is 2.35. The smallest absolute Gasteiger partial charge is 0.410 e. The molecule has 0 spiro atoms. The van der Waals surface area contributed by atoms with E-state index in [-0.39, 0.29) is 0 Å². The zero-order valence-electron chi connectivity index (χ0n) is 9.19. The van der Waals surface area contributed by atoms with Gasteiger partial charge in [0.05, 0.1) is 5.02 Å². The Hall–Kier alpha value is -1.27. The maximum atomic E-state index is 11.6. The summed E-state index contributed by atoms with van der Waals surface area (Å²) in [4.78, 5) is 11.6. The normalized spacial score (nSPS) is 9.89. The van der Waals surface area contributed by atoms with Gasteiger partial charge in [0, 0.05) is 9.26 Å². The van der Waals surface area contributed by atoms with Gasteiger partial charge in [0.15, 0.2) is 0 Å². The standard InChI is InChI=1S/C13H9ClINO2/c14-11-7-6-9(8-12(11)15)16-13(17)18-10-4-2-1-3-5-10/h1-8H,(H,16,17). The van der Waals surface area contributed by atoms with Gasteiger partial charge >= 0.3 is 6.09 Å². The minimum atomic E-state index is -0.528. The maximum absolute atomic E-state index is 11.6. The highest BCUT2D eigenvalue weighted by Crippen LogP contribution is 2.22. The number of carbonyl (C=O) groups is 1. The first-order chi connectivity index (χ1) is 8.65. The number of hydrogen-bond acceptors (Lipinski definition) is 2. The summed E-state index contributed by atoms with van der Waals surface area (Å²) in [6.07, 6.45) is -0.528. The average molecular weight is 374 g/mol. The molecule has 1 N–H and O–H groups in total. The molecular formula is C13H9ClINO2. The molecule has 92 valence electrons. The molecule has 0 aliphatic rings. The molecule has 0 bridgehead atoms. The van der Waals surface area contributed by atoms with Crippen molar-refractivity contribution in [2.45, 2.75) is 0 Å². The molecule has 0 aliphatic carbocycles. The van der Waals surface area contributed by atoms with Gasteiger partial charge in [-0.15, -0.1) is 0 Å². The van der Waals surface area contributed by atoms with Gasteiger partial charge in [-0.05, 0) is 52.9 Å². The molecule has 3 nitrogen and oxygen atoms in total. The highest BCUT2D eigenvalue weighted by Gasteiger charge is 2.06. The Balaban J connectivity index is 2.01. The summed E-state index contributed by atoms with van der Waals surface area (Å²) in [6, 6.07) is 14.1. The minimum absolute atomic E-state index is 0.499. The van der Waals surface area contributed by atoms with Crippen molar-refractivity contribution in [3.63, 3.8) is 0 Å². The fraction of sp³-hybridized carbons (Fsp3) is 0. The molecule has 18 heavy (non-hydrogen) atoms. The summed E-state index contributed by atoms with van der Waals surface area (Å²) in [6.45, 7) is 0. The van der Waals surface area contributed by atoms with Gasteiger partial charge in [-0.25, -0.2) is 4.79 Å². The molecule has 0 aliphatic heterocycles. The number of para-hydroxylation sites is 1. The van der Waals surface area contributed by atoms with Gasteiger partial charge in [0.25, 0.3) is 0 Å². The van der Waals surface area contributed by atoms with Crippen LogP contribution in [-0.4, -0.2) is 6.09 Å². The van der Waals surface area contributed by atoms with E-state index in [1.54, 1.807) is 42.5 Å². The molecule has 2 rings (SSSR count). The molecule has 0 radical (unpaired) electrons. The lowest BCUT2D eigenvalue weighted by molar-refractivity contribution is 0.215. The predicted octanol–water partition coefficient (Wildman–Crippen LogP) is 4.56. The summed E-state index contributed by atoms with van der Waals surface area (Å²) >= 11 is 7.99. The third-order valence-corrected chi connectivity index (χ3v) is 3.66. The van der Waals surface area contributed by atoms with Crippen molar-refractivity contribution in [3.8, 4) is 5.75 Å². The minimum Gasteiger partial charge on any atom is -0.410 e. The van der Waals surface area contributed by atoms with Crippen LogP contribution in [0.2, 0.25) is 5.02 Å². The SMILES string of the molecule is O=C(Nc1ccc(Cl)c(I)c1)Oc1ccccc1. The molecule has 0 unspecified atom stereocenters. The molecule has 5 heteroatoms. The quantitative estimate of drug-likeness (QED) is 0.784. The lowest BCUT2D eigenvalue weighted by Crippen LogP contribution is -2.16. The lowest BCUT2D eigenvalue weighted by Gasteiger charge is -2.07. The number of nitrogens with one attached hydrogen (secondary N) is 1. The predicted molar refractivity (Wildman–Crippen MR) is 80.3 cm³/mol. The molecule has 0 saturated heterocycles. The Kier molecular flexibility index (Phi) is 4.43. The van der Waals surface area contributed by atoms with Crippen LogP contribution in [0.25, 0.3) is 0 Å². The number of rotatable bonds is 2. The Morgan fingerprint density at radius 3 is 2.56 bits per heavy atom. The van der Waals surface area contributed by atoms with Crippen LogP contribution >= 0.6 is 34.2 Å². The van der Waals surface area contributed by atoms with Gasteiger partial charge in [-0.3, -0.25) is 5.32 Å². The van der Waals surface area contributed by atoms with Crippen molar-refractivity contribution in [2.75, 3.05) is 5.32 Å². The van der Waals surface area contributed by atoms with E-state index < -0.39 is 6.09 Å². The molecule has 0 saturated carbocycles. The second kappa shape index (κ2) is 6.06. The van der Waals surface area contributed by atoms with Crippen LogP contribution in [0, 0.1) is 3.57 Å². The van der Waals surface area contributed by atoms with E-state index in [1.165, 1.54) is 0 Å².